The Balaban J connectivity index is 3.19. The van der Waals surface area contributed by atoms with Crippen LogP contribution in [0.25, 0.3) is 0 Å². The summed E-state index contributed by atoms with van der Waals surface area (Å²) in [5.74, 6) is -0.614. The number of hydroxylamine groups is 1. The number of hydrogen-bond acceptors (Lipinski definition) is 3. The third kappa shape index (κ3) is 2.74. The van der Waals surface area contributed by atoms with E-state index in [1.165, 1.54) is 0 Å². The summed E-state index contributed by atoms with van der Waals surface area (Å²) in [6.07, 6.45) is -4.56. The number of aromatic hydroxyl groups is 1. The van der Waals surface area contributed by atoms with Gasteiger partial charge in [0.2, 0.25) is 0 Å². The molecule has 7 heteroatoms. The SMILES string of the molecule is ONCc1c(O)cc(C(F)(F)F)cc1Cl. The molecule has 0 fully saturated rings. The molecular weight excluding hydrogens is 235 g/mol. The van der Waals surface area contributed by atoms with Crippen LogP contribution in [0.15, 0.2) is 12.1 Å². The molecule has 0 radical (unpaired) electrons. The molecule has 0 aliphatic rings. The molecule has 0 saturated carbocycles. The van der Waals surface area contributed by atoms with Gasteiger partial charge < -0.3 is 10.3 Å². The van der Waals surface area contributed by atoms with Crippen molar-refractivity contribution < 1.29 is 23.5 Å². The molecule has 0 heterocycles. The zero-order valence-electron chi connectivity index (χ0n) is 7.27. The van der Waals surface area contributed by atoms with Crippen LogP contribution in [0.3, 0.4) is 0 Å². The van der Waals surface area contributed by atoms with Crippen LogP contribution in [0.5, 0.6) is 5.75 Å². The molecule has 0 saturated heterocycles. The Hall–Kier alpha value is -0.980. The Bertz CT molecular complexity index is 344. The van der Waals surface area contributed by atoms with Gasteiger partial charge in [0, 0.05) is 10.6 Å². The van der Waals surface area contributed by atoms with E-state index >= 15 is 0 Å². The van der Waals surface area contributed by atoms with Crippen molar-refractivity contribution in [2.24, 2.45) is 0 Å². The van der Waals surface area contributed by atoms with Crippen molar-refractivity contribution in [1.29, 1.82) is 0 Å². The highest BCUT2D eigenvalue weighted by Gasteiger charge is 2.32. The first-order chi connectivity index (χ1) is 6.86. The van der Waals surface area contributed by atoms with Crippen molar-refractivity contribution in [3.63, 3.8) is 0 Å². The smallest absolute Gasteiger partial charge is 0.416 e. The van der Waals surface area contributed by atoms with Gasteiger partial charge in [-0.25, -0.2) is 5.48 Å². The third-order valence-corrected chi connectivity index (χ3v) is 2.09. The Kier molecular flexibility index (Phi) is 3.43. The van der Waals surface area contributed by atoms with Gasteiger partial charge in [-0.3, -0.25) is 0 Å². The monoisotopic (exact) mass is 241 g/mol. The maximum atomic E-state index is 12.2. The second kappa shape index (κ2) is 4.26. The van der Waals surface area contributed by atoms with Gasteiger partial charge in [-0.1, -0.05) is 11.6 Å². The van der Waals surface area contributed by atoms with E-state index in [-0.39, 0.29) is 17.1 Å². The van der Waals surface area contributed by atoms with E-state index in [1.54, 1.807) is 5.48 Å². The minimum Gasteiger partial charge on any atom is -0.508 e. The minimum absolute atomic E-state index is 0.00664. The van der Waals surface area contributed by atoms with E-state index < -0.39 is 17.5 Å². The van der Waals surface area contributed by atoms with E-state index in [4.69, 9.17) is 16.8 Å². The molecule has 3 nitrogen and oxygen atoms in total. The number of hydrogen-bond donors (Lipinski definition) is 3. The van der Waals surface area contributed by atoms with Crippen molar-refractivity contribution in [1.82, 2.24) is 5.48 Å². The lowest BCUT2D eigenvalue weighted by molar-refractivity contribution is -0.137. The van der Waals surface area contributed by atoms with Gasteiger partial charge >= 0.3 is 6.18 Å². The molecule has 0 atom stereocenters. The van der Waals surface area contributed by atoms with Crippen LogP contribution in [0.4, 0.5) is 13.2 Å². The second-order valence-electron chi connectivity index (χ2n) is 2.79. The number of nitrogens with one attached hydrogen (secondary N) is 1. The molecule has 0 unspecified atom stereocenters. The van der Waals surface area contributed by atoms with E-state index in [0.29, 0.717) is 12.1 Å². The van der Waals surface area contributed by atoms with Crippen LogP contribution in [0.2, 0.25) is 5.02 Å². The molecule has 84 valence electrons. The normalized spacial score (nSPS) is 11.8. The van der Waals surface area contributed by atoms with Gasteiger partial charge in [-0.05, 0) is 12.1 Å². The van der Waals surface area contributed by atoms with E-state index in [1.807, 2.05) is 0 Å². The molecule has 1 rings (SSSR count). The van der Waals surface area contributed by atoms with Gasteiger partial charge in [-0.2, -0.15) is 13.2 Å². The Labute approximate surface area is 88.1 Å². The maximum Gasteiger partial charge on any atom is 0.416 e. The third-order valence-electron chi connectivity index (χ3n) is 1.76. The number of alkyl halides is 3. The largest absolute Gasteiger partial charge is 0.508 e. The lowest BCUT2D eigenvalue weighted by Gasteiger charge is -2.11. The molecule has 0 aliphatic heterocycles. The maximum absolute atomic E-state index is 12.2. The van der Waals surface area contributed by atoms with Crippen LogP contribution in [-0.2, 0) is 12.7 Å². The second-order valence-corrected chi connectivity index (χ2v) is 3.20. The van der Waals surface area contributed by atoms with Gasteiger partial charge in [0.1, 0.15) is 5.75 Å². The predicted molar refractivity (Wildman–Crippen MR) is 46.7 cm³/mol. The van der Waals surface area contributed by atoms with Crippen LogP contribution in [-0.4, -0.2) is 10.3 Å². The summed E-state index contributed by atoms with van der Waals surface area (Å²) < 4.78 is 36.7. The molecule has 0 spiro atoms. The van der Waals surface area contributed by atoms with Gasteiger partial charge in [-0.15, -0.1) is 0 Å². The van der Waals surface area contributed by atoms with Gasteiger partial charge in [0.25, 0.3) is 0 Å². The highest BCUT2D eigenvalue weighted by atomic mass is 35.5. The highest BCUT2D eigenvalue weighted by molar-refractivity contribution is 6.31. The quantitative estimate of drug-likeness (QED) is 0.698. The van der Waals surface area contributed by atoms with Crippen LogP contribution in [0.1, 0.15) is 11.1 Å². The summed E-state index contributed by atoms with van der Waals surface area (Å²) in [6, 6.07) is 1.24. The summed E-state index contributed by atoms with van der Waals surface area (Å²) in [5, 5.41) is 17.3. The Morgan fingerprint density at radius 1 is 1.33 bits per heavy atom. The molecular formula is C8H7ClF3NO2. The number of phenols is 1. The average Bonchev–Trinajstić information content (AvgIpc) is 2.09. The topological polar surface area (TPSA) is 52.5 Å². The van der Waals surface area contributed by atoms with Crippen molar-refractivity contribution >= 4 is 11.6 Å². The molecule has 3 N–H and O–H groups in total. The summed E-state index contributed by atoms with van der Waals surface area (Å²) >= 11 is 5.51. The molecule has 0 aliphatic carbocycles. The van der Waals surface area contributed by atoms with Gasteiger partial charge in [0.05, 0.1) is 12.1 Å². The van der Waals surface area contributed by atoms with E-state index in [0.717, 1.165) is 0 Å². The first kappa shape index (κ1) is 12.1. The first-order valence-electron chi connectivity index (χ1n) is 3.81. The number of halogens is 4. The summed E-state index contributed by atoms with van der Waals surface area (Å²) in [5.41, 5.74) is 0.669. The zero-order chi connectivity index (χ0) is 11.6. The minimum atomic E-state index is -4.56. The fraction of sp³-hybridized carbons (Fsp3) is 0.250. The molecule has 15 heavy (non-hydrogen) atoms. The van der Waals surface area contributed by atoms with Crippen molar-refractivity contribution in [3.05, 3.63) is 28.3 Å². The molecule has 1 aromatic carbocycles. The summed E-state index contributed by atoms with van der Waals surface area (Å²) in [7, 11) is 0. The fourth-order valence-electron chi connectivity index (χ4n) is 1.04. The zero-order valence-corrected chi connectivity index (χ0v) is 8.02. The number of rotatable bonds is 2. The van der Waals surface area contributed by atoms with E-state index in [9.17, 15) is 18.3 Å². The molecule has 0 amide bonds. The highest BCUT2D eigenvalue weighted by Crippen LogP contribution is 2.36. The lowest BCUT2D eigenvalue weighted by Crippen LogP contribution is -2.09. The van der Waals surface area contributed by atoms with Crippen molar-refractivity contribution in [3.8, 4) is 5.75 Å². The predicted octanol–water partition coefficient (Wildman–Crippen LogP) is 2.54. The van der Waals surface area contributed by atoms with Crippen molar-refractivity contribution in [2.75, 3.05) is 0 Å². The Morgan fingerprint density at radius 2 is 1.93 bits per heavy atom. The lowest BCUT2D eigenvalue weighted by atomic mass is 10.1. The van der Waals surface area contributed by atoms with Crippen LogP contribution in [0, 0.1) is 0 Å². The molecule has 0 aromatic heterocycles. The average molecular weight is 242 g/mol. The van der Waals surface area contributed by atoms with Crippen LogP contribution < -0.4 is 5.48 Å². The number of phenolic OH excluding ortho intramolecular Hbond substituents is 1. The van der Waals surface area contributed by atoms with Gasteiger partial charge in [0.15, 0.2) is 0 Å². The van der Waals surface area contributed by atoms with Crippen LogP contribution >= 0.6 is 11.6 Å². The fourth-order valence-corrected chi connectivity index (χ4v) is 1.32. The molecule has 1 aromatic rings. The summed E-state index contributed by atoms with van der Waals surface area (Å²) in [6.45, 7) is -0.233. The number of benzene rings is 1. The standard InChI is InChI=1S/C8H7ClF3NO2/c9-6-1-4(8(10,11)12)2-7(14)5(6)3-13-15/h1-2,13-15H,3H2. The first-order valence-corrected chi connectivity index (χ1v) is 4.19. The van der Waals surface area contributed by atoms with Crippen molar-refractivity contribution in [2.45, 2.75) is 12.7 Å². The Morgan fingerprint density at radius 3 is 2.33 bits per heavy atom. The molecule has 0 bridgehead atoms. The van der Waals surface area contributed by atoms with E-state index in [2.05, 4.69) is 0 Å². The summed E-state index contributed by atoms with van der Waals surface area (Å²) in [4.78, 5) is 0.